The van der Waals surface area contributed by atoms with E-state index in [1.807, 2.05) is 6.92 Å². The van der Waals surface area contributed by atoms with Gasteiger partial charge in [-0.05, 0) is 35.6 Å². The van der Waals surface area contributed by atoms with Crippen molar-refractivity contribution >= 4 is 41.6 Å². The number of carbonyl (C=O) groups is 5. The van der Waals surface area contributed by atoms with Crippen LogP contribution in [0.3, 0.4) is 0 Å². The Hall–Kier alpha value is -4.25. The van der Waals surface area contributed by atoms with E-state index in [9.17, 15) is 44.4 Å². The molecule has 0 radical (unpaired) electrons. The minimum Gasteiger partial charge on any atom is -0.508 e. The molecule has 1 aromatic carbocycles. The lowest BCUT2D eigenvalue weighted by Crippen LogP contribution is -2.62. The molecule has 5 atom stereocenters. The molecule has 0 heterocycles. The number of ketones is 2. The lowest BCUT2D eigenvalue weighted by Gasteiger charge is -2.50. The van der Waals surface area contributed by atoms with Crippen molar-refractivity contribution < 1.29 is 49.1 Å². The Morgan fingerprint density at radius 1 is 1.21 bits per heavy atom. The molecular weight excluding hydrogens is 510 g/mol. The largest absolute Gasteiger partial charge is 0.508 e. The van der Waals surface area contributed by atoms with Gasteiger partial charge in [0.05, 0.1) is 12.2 Å². The van der Waals surface area contributed by atoms with E-state index in [1.165, 1.54) is 24.3 Å². The summed E-state index contributed by atoms with van der Waals surface area (Å²) in [5, 5.41) is 44.2. The number of rotatable bonds is 7. The number of esters is 1. The van der Waals surface area contributed by atoms with Gasteiger partial charge in [0.15, 0.2) is 11.4 Å². The molecule has 11 heteroatoms. The number of aliphatic hydroxyl groups is 3. The summed E-state index contributed by atoms with van der Waals surface area (Å²) < 4.78 is 5.12. The first-order valence-corrected chi connectivity index (χ1v) is 12.5. The number of amides is 1. The standard InChI is InChI=1S/C28H29NO10/c1-3-4-9-39-18(33)8-6-13-5-7-16(31)21-19(13)12(2)20-14(11-30)15-10-17(32)22(27(29)37)25(35)28(15,38)26(36)23(20)24(21)34/h5-8,11-12,14-15,20,31,34-35,38H,3-4,9-10H2,1-2H3,(H2,29,37)/b8-6+. The van der Waals surface area contributed by atoms with Crippen LogP contribution in [0.1, 0.15) is 55.7 Å². The second kappa shape index (κ2) is 10.1. The summed E-state index contributed by atoms with van der Waals surface area (Å²) in [6.45, 7) is 3.82. The lowest BCUT2D eigenvalue weighted by molar-refractivity contribution is -0.154. The summed E-state index contributed by atoms with van der Waals surface area (Å²) in [7, 11) is 0. The average molecular weight is 540 g/mol. The van der Waals surface area contributed by atoms with Crippen molar-refractivity contribution in [3.63, 3.8) is 0 Å². The van der Waals surface area contributed by atoms with Crippen molar-refractivity contribution in [3.05, 3.63) is 51.8 Å². The van der Waals surface area contributed by atoms with Gasteiger partial charge in [-0.3, -0.25) is 14.4 Å². The summed E-state index contributed by atoms with van der Waals surface area (Å²) in [6.07, 6.45) is 3.94. The van der Waals surface area contributed by atoms with Crippen molar-refractivity contribution in [1.29, 1.82) is 0 Å². The topological polar surface area (TPSA) is 202 Å². The second-order valence-electron chi connectivity index (χ2n) is 10.0. The highest BCUT2D eigenvalue weighted by molar-refractivity contribution is 6.23. The SMILES string of the molecule is CCCCOC(=O)/C=C/c1ccc(O)c2c1C(C)C1C(=C2O)C(=O)C2(O)C(O)=C(C(N)=O)C(=O)CC2C1C=O. The summed E-state index contributed by atoms with van der Waals surface area (Å²) in [4.78, 5) is 62.8. The van der Waals surface area contributed by atoms with Gasteiger partial charge in [0.25, 0.3) is 5.91 Å². The Kier molecular flexibility index (Phi) is 7.22. The predicted molar refractivity (Wildman–Crippen MR) is 136 cm³/mol. The molecule has 6 N–H and O–H groups in total. The van der Waals surface area contributed by atoms with Crippen LogP contribution in [0.25, 0.3) is 11.8 Å². The summed E-state index contributed by atoms with van der Waals surface area (Å²) in [5.41, 5.74) is 1.50. The lowest BCUT2D eigenvalue weighted by atomic mass is 9.52. The molecule has 1 fully saturated rings. The van der Waals surface area contributed by atoms with Gasteiger partial charge in [0, 0.05) is 35.8 Å². The van der Waals surface area contributed by atoms with Crippen molar-refractivity contribution in [2.24, 2.45) is 23.5 Å². The number of hydrogen-bond donors (Lipinski definition) is 5. The van der Waals surface area contributed by atoms with Crippen molar-refractivity contribution in [2.75, 3.05) is 6.61 Å². The minimum absolute atomic E-state index is 0.152. The zero-order chi connectivity index (χ0) is 28.8. The molecule has 3 aliphatic rings. The molecule has 0 saturated heterocycles. The number of aldehydes is 1. The van der Waals surface area contributed by atoms with Gasteiger partial charge >= 0.3 is 5.97 Å². The molecule has 0 spiro atoms. The number of phenolic OH excluding ortho intramolecular Hbond substituents is 1. The molecule has 0 aromatic heterocycles. The Labute approximate surface area is 223 Å². The predicted octanol–water partition coefficient (Wildman–Crippen LogP) is 1.77. The molecular formula is C28H29NO10. The third-order valence-electron chi connectivity index (χ3n) is 7.91. The van der Waals surface area contributed by atoms with E-state index in [0.29, 0.717) is 23.8 Å². The van der Waals surface area contributed by atoms with Crippen molar-refractivity contribution in [3.8, 4) is 5.75 Å². The molecule has 1 aromatic rings. The molecule has 1 saturated carbocycles. The maximum Gasteiger partial charge on any atom is 0.330 e. The van der Waals surface area contributed by atoms with E-state index in [0.717, 1.165) is 6.42 Å². The van der Waals surface area contributed by atoms with Crippen LogP contribution in [-0.2, 0) is 28.7 Å². The van der Waals surface area contributed by atoms with E-state index < -0.39 is 87.6 Å². The number of benzene rings is 1. The minimum atomic E-state index is -2.88. The maximum absolute atomic E-state index is 13.8. The molecule has 5 unspecified atom stereocenters. The third kappa shape index (κ3) is 4.13. The number of Topliss-reactive ketones (excluding diaryl/α,β-unsaturated/α-hetero) is 2. The van der Waals surface area contributed by atoms with Crippen LogP contribution in [0.5, 0.6) is 5.75 Å². The zero-order valence-corrected chi connectivity index (χ0v) is 21.3. The molecule has 0 bridgehead atoms. The number of nitrogens with two attached hydrogens (primary N) is 1. The first kappa shape index (κ1) is 27.8. The average Bonchev–Trinajstić information content (AvgIpc) is 2.88. The number of aromatic hydroxyl groups is 1. The monoisotopic (exact) mass is 539 g/mol. The van der Waals surface area contributed by atoms with Crippen molar-refractivity contribution in [1.82, 2.24) is 0 Å². The number of ether oxygens (including phenoxy) is 1. The number of primary amides is 1. The summed E-state index contributed by atoms with van der Waals surface area (Å²) in [6, 6.07) is 2.74. The molecule has 0 aliphatic heterocycles. The fourth-order valence-corrected chi connectivity index (χ4v) is 6.07. The van der Waals surface area contributed by atoms with Gasteiger partial charge in [0.2, 0.25) is 5.78 Å². The molecule has 206 valence electrons. The highest BCUT2D eigenvalue weighted by atomic mass is 16.5. The van der Waals surface area contributed by atoms with Crippen molar-refractivity contribution in [2.45, 2.75) is 44.6 Å². The zero-order valence-electron chi connectivity index (χ0n) is 21.3. The molecule has 11 nitrogen and oxygen atoms in total. The van der Waals surface area contributed by atoms with Crippen LogP contribution in [0.2, 0.25) is 0 Å². The van der Waals surface area contributed by atoms with Gasteiger partial charge in [0.1, 0.15) is 29.1 Å². The first-order chi connectivity index (χ1) is 18.4. The van der Waals surface area contributed by atoms with E-state index >= 15 is 0 Å². The number of hydrogen-bond acceptors (Lipinski definition) is 10. The van der Waals surface area contributed by atoms with Gasteiger partial charge in [-0.25, -0.2) is 4.79 Å². The van der Waals surface area contributed by atoms with E-state index in [-0.39, 0.29) is 12.2 Å². The van der Waals surface area contributed by atoms with Crippen LogP contribution in [-0.4, -0.2) is 62.4 Å². The molecule has 3 aliphatic carbocycles. The van der Waals surface area contributed by atoms with Gasteiger partial charge < -0.3 is 35.7 Å². The smallest absolute Gasteiger partial charge is 0.330 e. The summed E-state index contributed by atoms with van der Waals surface area (Å²) >= 11 is 0. The molecule has 4 rings (SSSR count). The number of unbranched alkanes of at least 4 members (excludes halogenated alkanes) is 1. The normalized spacial score (nSPS) is 28.2. The van der Waals surface area contributed by atoms with E-state index in [1.54, 1.807) is 6.92 Å². The number of fused-ring (bicyclic) bond motifs is 3. The second-order valence-corrected chi connectivity index (χ2v) is 10.0. The quantitative estimate of drug-likeness (QED) is 0.112. The maximum atomic E-state index is 13.8. The first-order valence-electron chi connectivity index (χ1n) is 12.5. The third-order valence-corrected chi connectivity index (χ3v) is 7.91. The summed E-state index contributed by atoms with van der Waals surface area (Å²) in [5.74, 6) is -11.1. The fraction of sp³-hybridized carbons (Fsp3) is 0.393. The Morgan fingerprint density at radius 3 is 2.51 bits per heavy atom. The Morgan fingerprint density at radius 2 is 1.90 bits per heavy atom. The van der Waals surface area contributed by atoms with Crippen LogP contribution in [0, 0.1) is 17.8 Å². The Balaban J connectivity index is 1.90. The van der Waals surface area contributed by atoms with Crippen LogP contribution in [0.4, 0.5) is 0 Å². The number of aliphatic hydroxyl groups excluding tert-OH is 2. The highest BCUT2D eigenvalue weighted by Crippen LogP contribution is 2.58. The van der Waals surface area contributed by atoms with Crippen LogP contribution in [0.15, 0.2) is 35.1 Å². The molecule has 39 heavy (non-hydrogen) atoms. The highest BCUT2D eigenvalue weighted by Gasteiger charge is 2.65. The van der Waals surface area contributed by atoms with Gasteiger partial charge in [-0.1, -0.05) is 26.3 Å². The van der Waals surface area contributed by atoms with Crippen LogP contribution < -0.4 is 5.73 Å². The fourth-order valence-electron chi connectivity index (χ4n) is 6.07. The van der Waals surface area contributed by atoms with E-state index in [4.69, 9.17) is 10.5 Å². The number of phenols is 1. The molecule has 1 amide bonds. The van der Waals surface area contributed by atoms with E-state index in [2.05, 4.69) is 0 Å². The Bertz CT molecular complexity index is 1390. The van der Waals surface area contributed by atoms with Gasteiger partial charge in [-0.15, -0.1) is 0 Å². The van der Waals surface area contributed by atoms with Crippen LogP contribution >= 0.6 is 0 Å². The number of carbonyl (C=O) groups excluding carboxylic acids is 5. The van der Waals surface area contributed by atoms with Gasteiger partial charge in [-0.2, -0.15) is 0 Å².